The molecule has 0 spiro atoms. The molecule has 1 N–H and O–H groups in total. The molecule has 4 heteroatoms. The molecule has 1 aliphatic rings. The molecule has 1 aromatic carbocycles. The van der Waals surface area contributed by atoms with Crippen LogP contribution in [-0.2, 0) is 7.05 Å². The Bertz CT molecular complexity index is 587. The van der Waals surface area contributed by atoms with E-state index < -0.39 is 0 Å². The van der Waals surface area contributed by atoms with Crippen LogP contribution in [0.2, 0.25) is 0 Å². The number of aryl methyl sites for hydroxylation is 1. The zero-order chi connectivity index (χ0) is 14.8. The van der Waals surface area contributed by atoms with Crippen molar-refractivity contribution in [3.63, 3.8) is 0 Å². The smallest absolute Gasteiger partial charge is 0.163 e. The van der Waals surface area contributed by atoms with Crippen LogP contribution in [0, 0.1) is 11.8 Å². The minimum atomic E-state index is 0.599. The summed E-state index contributed by atoms with van der Waals surface area (Å²) >= 11 is 0. The molecule has 4 nitrogen and oxygen atoms in total. The topological polar surface area (TPSA) is 42.7 Å². The second-order valence-electron chi connectivity index (χ2n) is 6.49. The van der Waals surface area contributed by atoms with Crippen molar-refractivity contribution in [2.75, 3.05) is 5.32 Å². The molecule has 0 aliphatic heterocycles. The quantitative estimate of drug-likeness (QED) is 0.934. The Labute approximate surface area is 126 Å². The highest BCUT2D eigenvalue weighted by molar-refractivity contribution is 5.60. The molecule has 1 fully saturated rings. The van der Waals surface area contributed by atoms with Crippen LogP contribution in [-0.4, -0.2) is 20.8 Å². The summed E-state index contributed by atoms with van der Waals surface area (Å²) in [6.07, 6.45) is 5.66. The van der Waals surface area contributed by atoms with E-state index in [0.29, 0.717) is 6.04 Å². The van der Waals surface area contributed by atoms with Crippen molar-refractivity contribution in [2.45, 2.75) is 39.2 Å². The lowest BCUT2D eigenvalue weighted by atomic mass is 9.80. The number of nitrogens with one attached hydrogen (secondary N) is 1. The minimum Gasteiger partial charge on any atom is -0.382 e. The average Bonchev–Trinajstić information content (AvgIpc) is 2.89. The predicted molar refractivity (Wildman–Crippen MR) is 86.0 cm³/mol. The van der Waals surface area contributed by atoms with Crippen LogP contribution in [0.4, 0.5) is 5.69 Å². The van der Waals surface area contributed by atoms with E-state index in [1.807, 2.05) is 11.6 Å². The number of rotatable bonds is 3. The van der Waals surface area contributed by atoms with Gasteiger partial charge in [0.05, 0.1) is 0 Å². The van der Waals surface area contributed by atoms with Crippen molar-refractivity contribution in [1.29, 1.82) is 0 Å². The summed E-state index contributed by atoms with van der Waals surface area (Å²) in [7, 11) is 1.96. The standard InChI is InChI=1S/C17H24N4/c1-12-4-9-16(13(2)10-12)19-15-7-5-14(6-8-15)17-20-18-11-21(17)3/h5-8,11-13,16,19H,4,9-10H2,1-3H3. The first kappa shape index (κ1) is 14.1. The lowest BCUT2D eigenvalue weighted by Crippen LogP contribution is -2.32. The first-order valence-corrected chi connectivity index (χ1v) is 7.84. The van der Waals surface area contributed by atoms with Crippen LogP contribution < -0.4 is 5.32 Å². The molecule has 3 rings (SSSR count). The third kappa shape index (κ3) is 3.09. The summed E-state index contributed by atoms with van der Waals surface area (Å²) in [4.78, 5) is 0. The molecule has 2 aromatic rings. The SMILES string of the molecule is CC1CCC(Nc2ccc(-c3nncn3C)cc2)C(C)C1. The largest absolute Gasteiger partial charge is 0.382 e. The number of hydrogen-bond donors (Lipinski definition) is 1. The van der Waals surface area contributed by atoms with Crippen molar-refractivity contribution < 1.29 is 0 Å². The Kier molecular flexibility index (Phi) is 3.95. The van der Waals surface area contributed by atoms with Gasteiger partial charge in [0.15, 0.2) is 5.82 Å². The van der Waals surface area contributed by atoms with Crippen molar-refractivity contribution in [1.82, 2.24) is 14.8 Å². The molecular formula is C17H24N4. The van der Waals surface area contributed by atoms with Gasteiger partial charge in [-0.25, -0.2) is 0 Å². The van der Waals surface area contributed by atoms with Crippen LogP contribution >= 0.6 is 0 Å². The van der Waals surface area contributed by atoms with E-state index in [4.69, 9.17) is 0 Å². The Morgan fingerprint density at radius 2 is 1.90 bits per heavy atom. The summed E-state index contributed by atoms with van der Waals surface area (Å²) in [6.45, 7) is 4.73. The second kappa shape index (κ2) is 5.88. The van der Waals surface area contributed by atoms with E-state index in [2.05, 4.69) is 53.6 Å². The fourth-order valence-corrected chi connectivity index (χ4v) is 3.35. The van der Waals surface area contributed by atoms with Crippen LogP contribution in [0.1, 0.15) is 33.1 Å². The first-order valence-electron chi connectivity index (χ1n) is 7.84. The third-order valence-corrected chi connectivity index (χ3v) is 4.64. The van der Waals surface area contributed by atoms with Gasteiger partial charge in [-0.3, -0.25) is 0 Å². The molecular weight excluding hydrogens is 260 g/mol. The van der Waals surface area contributed by atoms with Gasteiger partial charge in [-0.2, -0.15) is 0 Å². The lowest BCUT2D eigenvalue weighted by molar-refractivity contribution is 0.276. The lowest BCUT2D eigenvalue weighted by Gasteiger charge is -2.33. The molecule has 0 bridgehead atoms. The summed E-state index contributed by atoms with van der Waals surface area (Å²) in [5.74, 6) is 2.52. The van der Waals surface area contributed by atoms with Gasteiger partial charge in [-0.15, -0.1) is 10.2 Å². The van der Waals surface area contributed by atoms with Gasteiger partial charge in [0.25, 0.3) is 0 Å². The summed E-state index contributed by atoms with van der Waals surface area (Å²) in [5.41, 5.74) is 2.30. The van der Waals surface area contributed by atoms with Crippen molar-refractivity contribution >= 4 is 5.69 Å². The molecule has 0 saturated heterocycles. The van der Waals surface area contributed by atoms with E-state index in [1.165, 1.54) is 24.9 Å². The zero-order valence-electron chi connectivity index (χ0n) is 13.1. The number of hydrogen-bond acceptors (Lipinski definition) is 3. The first-order chi connectivity index (χ1) is 10.1. The molecule has 3 unspecified atom stereocenters. The van der Waals surface area contributed by atoms with Crippen LogP contribution in [0.15, 0.2) is 30.6 Å². The maximum absolute atomic E-state index is 4.14. The molecule has 1 aromatic heterocycles. The molecule has 1 saturated carbocycles. The van der Waals surface area contributed by atoms with Gasteiger partial charge >= 0.3 is 0 Å². The Balaban J connectivity index is 1.69. The zero-order valence-corrected chi connectivity index (χ0v) is 13.1. The Morgan fingerprint density at radius 1 is 1.14 bits per heavy atom. The van der Waals surface area contributed by atoms with Gasteiger partial charge in [-0.05, 0) is 55.4 Å². The van der Waals surface area contributed by atoms with E-state index in [-0.39, 0.29) is 0 Å². The maximum atomic E-state index is 4.14. The maximum Gasteiger partial charge on any atom is 0.163 e. The number of aromatic nitrogens is 3. The molecule has 0 radical (unpaired) electrons. The van der Waals surface area contributed by atoms with E-state index in [0.717, 1.165) is 23.2 Å². The summed E-state index contributed by atoms with van der Waals surface area (Å²) in [6, 6.07) is 9.12. The van der Waals surface area contributed by atoms with Crippen LogP contribution in [0.5, 0.6) is 0 Å². The summed E-state index contributed by atoms with van der Waals surface area (Å²) in [5, 5.41) is 11.8. The average molecular weight is 284 g/mol. The van der Waals surface area contributed by atoms with Gasteiger partial charge in [-0.1, -0.05) is 13.8 Å². The highest BCUT2D eigenvalue weighted by atomic mass is 15.2. The monoisotopic (exact) mass is 284 g/mol. The molecule has 21 heavy (non-hydrogen) atoms. The predicted octanol–water partition coefficient (Wildman–Crippen LogP) is 3.72. The molecule has 112 valence electrons. The highest BCUT2D eigenvalue weighted by Crippen LogP contribution is 2.31. The third-order valence-electron chi connectivity index (χ3n) is 4.64. The van der Waals surface area contributed by atoms with Crippen molar-refractivity contribution in [2.24, 2.45) is 18.9 Å². The fourth-order valence-electron chi connectivity index (χ4n) is 3.35. The summed E-state index contributed by atoms with van der Waals surface area (Å²) < 4.78 is 1.94. The van der Waals surface area contributed by atoms with Gasteiger partial charge in [0, 0.05) is 24.3 Å². The number of benzene rings is 1. The van der Waals surface area contributed by atoms with Gasteiger partial charge < -0.3 is 9.88 Å². The van der Waals surface area contributed by atoms with Crippen molar-refractivity contribution in [3.05, 3.63) is 30.6 Å². The number of nitrogens with zero attached hydrogens (tertiary/aromatic N) is 3. The Hall–Kier alpha value is -1.84. The van der Waals surface area contributed by atoms with E-state index in [1.54, 1.807) is 6.33 Å². The molecule has 1 aliphatic carbocycles. The second-order valence-corrected chi connectivity index (χ2v) is 6.49. The van der Waals surface area contributed by atoms with E-state index >= 15 is 0 Å². The van der Waals surface area contributed by atoms with Gasteiger partial charge in [0.2, 0.25) is 0 Å². The van der Waals surface area contributed by atoms with Crippen LogP contribution in [0.25, 0.3) is 11.4 Å². The van der Waals surface area contributed by atoms with E-state index in [9.17, 15) is 0 Å². The highest BCUT2D eigenvalue weighted by Gasteiger charge is 2.24. The Morgan fingerprint density at radius 3 is 2.52 bits per heavy atom. The normalized spacial score (nSPS) is 25.8. The number of anilines is 1. The molecule has 1 heterocycles. The molecule has 3 atom stereocenters. The van der Waals surface area contributed by atoms with Crippen LogP contribution in [0.3, 0.4) is 0 Å². The van der Waals surface area contributed by atoms with Crippen molar-refractivity contribution in [3.8, 4) is 11.4 Å². The minimum absolute atomic E-state index is 0.599. The fraction of sp³-hybridized carbons (Fsp3) is 0.529. The molecule has 0 amide bonds. The van der Waals surface area contributed by atoms with Gasteiger partial charge in [0.1, 0.15) is 6.33 Å².